The number of fused-ring (bicyclic) bond motifs is 1. The Bertz CT molecular complexity index is 735. The molecule has 0 aromatic heterocycles. The molecule has 0 spiro atoms. The zero-order chi connectivity index (χ0) is 16.9. The first kappa shape index (κ1) is 16.7. The normalized spacial score (nSPS) is 15.7. The van der Waals surface area contributed by atoms with Crippen molar-refractivity contribution in [1.29, 1.82) is 0 Å². The second-order valence-electron chi connectivity index (χ2n) is 5.04. The van der Waals surface area contributed by atoms with Crippen LogP contribution < -0.4 is 14.2 Å². The van der Waals surface area contributed by atoms with E-state index in [-0.39, 0.29) is 19.3 Å². The van der Waals surface area contributed by atoms with Crippen LogP contribution in [0.5, 0.6) is 17.2 Å². The third kappa shape index (κ3) is 4.24. The standard InChI is InChI=1S/C17H14Cl2O5/c18-11-5-6-14(13(19)7-11)22-10-17(20)23-9-12-8-21-15-3-1-2-4-16(15)24-12/h1-7,12H,8-10H2. The molecule has 1 unspecified atom stereocenters. The van der Waals surface area contributed by atoms with Crippen LogP contribution in [0.1, 0.15) is 0 Å². The van der Waals surface area contributed by atoms with Crippen molar-refractivity contribution in [2.75, 3.05) is 19.8 Å². The topological polar surface area (TPSA) is 54.0 Å². The SMILES string of the molecule is O=C(COc1ccc(Cl)cc1Cl)OCC1COc2ccccc2O1. The van der Waals surface area contributed by atoms with E-state index in [4.69, 9.17) is 42.1 Å². The Kier molecular flexibility index (Phi) is 5.33. The van der Waals surface area contributed by atoms with Crippen LogP contribution in [-0.2, 0) is 9.53 Å². The molecule has 7 heteroatoms. The van der Waals surface area contributed by atoms with Crippen LogP contribution in [-0.4, -0.2) is 31.9 Å². The monoisotopic (exact) mass is 368 g/mol. The van der Waals surface area contributed by atoms with Gasteiger partial charge in [0.15, 0.2) is 24.2 Å². The van der Waals surface area contributed by atoms with Gasteiger partial charge < -0.3 is 18.9 Å². The number of ether oxygens (including phenoxy) is 4. The molecule has 126 valence electrons. The first-order valence-electron chi connectivity index (χ1n) is 7.24. The quantitative estimate of drug-likeness (QED) is 0.752. The number of hydrogen-bond donors (Lipinski definition) is 0. The van der Waals surface area contributed by atoms with E-state index in [1.54, 1.807) is 18.2 Å². The summed E-state index contributed by atoms with van der Waals surface area (Å²) in [5.74, 6) is 1.16. The minimum atomic E-state index is -0.525. The Morgan fingerprint density at radius 3 is 2.75 bits per heavy atom. The number of benzene rings is 2. The van der Waals surface area contributed by atoms with Crippen molar-refractivity contribution < 1.29 is 23.7 Å². The predicted molar refractivity (Wildman–Crippen MR) is 89.3 cm³/mol. The van der Waals surface area contributed by atoms with Crippen molar-refractivity contribution >= 4 is 29.2 Å². The molecule has 1 aliphatic rings. The molecule has 24 heavy (non-hydrogen) atoms. The zero-order valence-electron chi connectivity index (χ0n) is 12.5. The molecule has 2 aromatic carbocycles. The number of rotatable bonds is 5. The molecule has 2 aromatic rings. The Hall–Kier alpha value is -2.11. The maximum atomic E-state index is 11.8. The summed E-state index contributed by atoms with van der Waals surface area (Å²) in [6.45, 7) is 0.130. The van der Waals surface area contributed by atoms with Gasteiger partial charge in [-0.25, -0.2) is 4.79 Å². The summed E-state index contributed by atoms with van der Waals surface area (Å²) in [6.07, 6.45) is -0.358. The highest BCUT2D eigenvalue weighted by molar-refractivity contribution is 6.35. The molecule has 0 fully saturated rings. The van der Waals surface area contributed by atoms with Crippen LogP contribution in [0.4, 0.5) is 0 Å². The summed E-state index contributed by atoms with van der Waals surface area (Å²) in [5, 5.41) is 0.820. The van der Waals surface area contributed by atoms with E-state index < -0.39 is 5.97 Å². The maximum Gasteiger partial charge on any atom is 0.344 e. The Labute approximate surface area is 149 Å². The molecule has 1 heterocycles. The predicted octanol–water partition coefficient (Wildman–Crippen LogP) is 3.76. The molecule has 0 saturated carbocycles. The molecular formula is C17H14Cl2O5. The lowest BCUT2D eigenvalue weighted by molar-refractivity contribution is -0.149. The third-order valence-electron chi connectivity index (χ3n) is 3.24. The highest BCUT2D eigenvalue weighted by atomic mass is 35.5. The molecule has 0 saturated heterocycles. The summed E-state index contributed by atoms with van der Waals surface area (Å²) < 4.78 is 21.7. The van der Waals surface area contributed by atoms with Gasteiger partial charge in [0.25, 0.3) is 0 Å². The van der Waals surface area contributed by atoms with E-state index in [1.807, 2.05) is 18.2 Å². The number of carbonyl (C=O) groups excluding carboxylic acids is 1. The zero-order valence-corrected chi connectivity index (χ0v) is 14.0. The fourth-order valence-corrected chi connectivity index (χ4v) is 2.56. The highest BCUT2D eigenvalue weighted by Crippen LogP contribution is 2.31. The Morgan fingerprint density at radius 2 is 1.96 bits per heavy atom. The molecular weight excluding hydrogens is 355 g/mol. The summed E-state index contributed by atoms with van der Waals surface area (Å²) in [7, 11) is 0. The van der Waals surface area contributed by atoms with Crippen LogP contribution in [0.15, 0.2) is 42.5 Å². The van der Waals surface area contributed by atoms with Crippen molar-refractivity contribution in [1.82, 2.24) is 0 Å². The Morgan fingerprint density at radius 1 is 1.17 bits per heavy atom. The van der Waals surface area contributed by atoms with Gasteiger partial charge in [-0.15, -0.1) is 0 Å². The molecule has 1 aliphatic heterocycles. The number of hydrogen-bond acceptors (Lipinski definition) is 5. The van der Waals surface area contributed by atoms with Crippen molar-refractivity contribution in [3.8, 4) is 17.2 Å². The lowest BCUT2D eigenvalue weighted by Crippen LogP contribution is -2.34. The second kappa shape index (κ2) is 7.64. The fraction of sp³-hybridized carbons (Fsp3) is 0.235. The first-order chi connectivity index (χ1) is 11.6. The smallest absolute Gasteiger partial charge is 0.344 e. The molecule has 0 aliphatic carbocycles. The van der Waals surface area contributed by atoms with E-state index >= 15 is 0 Å². The minimum Gasteiger partial charge on any atom is -0.486 e. The fourth-order valence-electron chi connectivity index (χ4n) is 2.10. The van der Waals surface area contributed by atoms with E-state index in [0.717, 1.165) is 0 Å². The summed E-state index contributed by atoms with van der Waals surface area (Å²) in [5.41, 5.74) is 0. The van der Waals surface area contributed by atoms with Gasteiger partial charge >= 0.3 is 5.97 Å². The van der Waals surface area contributed by atoms with E-state index in [9.17, 15) is 4.79 Å². The van der Waals surface area contributed by atoms with Gasteiger partial charge in [-0.1, -0.05) is 35.3 Å². The number of carbonyl (C=O) groups is 1. The third-order valence-corrected chi connectivity index (χ3v) is 3.77. The van der Waals surface area contributed by atoms with Gasteiger partial charge in [0.05, 0.1) is 5.02 Å². The number of esters is 1. The van der Waals surface area contributed by atoms with E-state index in [2.05, 4.69) is 0 Å². The second-order valence-corrected chi connectivity index (χ2v) is 5.89. The molecule has 0 bridgehead atoms. The van der Waals surface area contributed by atoms with Crippen molar-refractivity contribution in [2.24, 2.45) is 0 Å². The lowest BCUT2D eigenvalue weighted by Gasteiger charge is -2.26. The van der Waals surface area contributed by atoms with Gasteiger partial charge in [-0.3, -0.25) is 0 Å². The highest BCUT2D eigenvalue weighted by Gasteiger charge is 2.22. The van der Waals surface area contributed by atoms with Crippen molar-refractivity contribution in [2.45, 2.75) is 6.10 Å². The molecule has 0 amide bonds. The van der Waals surface area contributed by atoms with Crippen LogP contribution in [0.25, 0.3) is 0 Å². The number of para-hydroxylation sites is 2. The van der Waals surface area contributed by atoms with Crippen LogP contribution in [0, 0.1) is 0 Å². The van der Waals surface area contributed by atoms with Gasteiger partial charge in [-0.05, 0) is 30.3 Å². The largest absolute Gasteiger partial charge is 0.486 e. The Balaban J connectivity index is 1.45. The molecule has 1 atom stereocenters. The average molecular weight is 369 g/mol. The van der Waals surface area contributed by atoms with Crippen LogP contribution >= 0.6 is 23.2 Å². The summed E-state index contributed by atoms with van der Waals surface area (Å²) >= 11 is 11.8. The van der Waals surface area contributed by atoms with E-state index in [1.165, 1.54) is 6.07 Å². The lowest BCUT2D eigenvalue weighted by atomic mass is 10.3. The van der Waals surface area contributed by atoms with Gasteiger partial charge in [0, 0.05) is 5.02 Å². The van der Waals surface area contributed by atoms with Crippen molar-refractivity contribution in [3.63, 3.8) is 0 Å². The van der Waals surface area contributed by atoms with Crippen LogP contribution in [0.3, 0.4) is 0 Å². The van der Waals surface area contributed by atoms with E-state index in [0.29, 0.717) is 33.9 Å². The van der Waals surface area contributed by atoms with Crippen LogP contribution in [0.2, 0.25) is 10.0 Å². The molecule has 0 radical (unpaired) electrons. The average Bonchev–Trinajstić information content (AvgIpc) is 2.59. The minimum absolute atomic E-state index is 0.0743. The molecule has 5 nitrogen and oxygen atoms in total. The molecule has 0 N–H and O–H groups in total. The first-order valence-corrected chi connectivity index (χ1v) is 7.99. The van der Waals surface area contributed by atoms with Gasteiger partial charge in [-0.2, -0.15) is 0 Å². The van der Waals surface area contributed by atoms with Gasteiger partial charge in [0.1, 0.15) is 19.0 Å². The summed E-state index contributed by atoms with van der Waals surface area (Å²) in [6, 6.07) is 12.1. The van der Waals surface area contributed by atoms with Crippen molar-refractivity contribution in [3.05, 3.63) is 52.5 Å². The maximum absolute atomic E-state index is 11.8. The summed E-state index contributed by atoms with van der Waals surface area (Å²) in [4.78, 5) is 11.8. The number of halogens is 2. The van der Waals surface area contributed by atoms with Gasteiger partial charge in [0.2, 0.25) is 0 Å². The molecule has 3 rings (SSSR count).